The summed E-state index contributed by atoms with van der Waals surface area (Å²) in [6.07, 6.45) is 0.808. The number of pyridine rings is 1. The molecule has 0 radical (unpaired) electrons. The van der Waals surface area contributed by atoms with Gasteiger partial charge in [0.2, 0.25) is 11.8 Å². The van der Waals surface area contributed by atoms with Crippen molar-refractivity contribution in [2.45, 2.75) is 25.7 Å². The second-order valence-electron chi connectivity index (χ2n) is 5.82. The Morgan fingerprint density at radius 2 is 2.17 bits per heavy atom. The summed E-state index contributed by atoms with van der Waals surface area (Å²) in [5.41, 5.74) is 2.94. The molecule has 1 atom stereocenters. The molecule has 1 aromatic carbocycles. The lowest BCUT2D eigenvalue weighted by Gasteiger charge is -2.22. The Balaban J connectivity index is 1.93. The van der Waals surface area contributed by atoms with Crippen molar-refractivity contribution in [1.29, 1.82) is 0 Å². The van der Waals surface area contributed by atoms with Crippen molar-refractivity contribution >= 4 is 34.4 Å². The fourth-order valence-electron chi connectivity index (χ4n) is 2.91. The Bertz CT molecular complexity index is 847. The van der Waals surface area contributed by atoms with Crippen LogP contribution in [0.3, 0.4) is 0 Å². The minimum Gasteiger partial charge on any atom is -0.480 e. The number of aliphatic carboxylic acids is 1. The van der Waals surface area contributed by atoms with Gasteiger partial charge in [-0.3, -0.25) is 24.7 Å². The molecule has 1 aliphatic heterocycles. The predicted octanol–water partition coefficient (Wildman–Crippen LogP) is 1.56. The third-order valence-electron chi connectivity index (χ3n) is 4.11. The van der Waals surface area contributed by atoms with Crippen LogP contribution in [0.2, 0.25) is 0 Å². The first-order valence-corrected chi connectivity index (χ1v) is 7.64. The number of amides is 2. The van der Waals surface area contributed by atoms with Crippen molar-refractivity contribution in [2.24, 2.45) is 0 Å². The van der Waals surface area contributed by atoms with E-state index >= 15 is 0 Å². The van der Waals surface area contributed by atoms with Crippen LogP contribution in [0.4, 0.5) is 5.69 Å². The van der Waals surface area contributed by atoms with Crippen LogP contribution in [0.1, 0.15) is 30.0 Å². The van der Waals surface area contributed by atoms with Crippen molar-refractivity contribution in [2.75, 3.05) is 11.9 Å². The maximum atomic E-state index is 12.1. The molecular weight excluding hydrogens is 310 g/mol. The average molecular weight is 327 g/mol. The molecule has 124 valence electrons. The molecule has 0 spiro atoms. The second-order valence-corrected chi connectivity index (χ2v) is 5.82. The number of benzene rings is 1. The molecule has 3 N–H and O–H groups in total. The van der Waals surface area contributed by atoms with E-state index in [1.807, 2.05) is 19.1 Å². The van der Waals surface area contributed by atoms with E-state index in [-0.39, 0.29) is 24.3 Å². The molecule has 1 unspecified atom stereocenters. The second kappa shape index (κ2) is 6.27. The smallest absolute Gasteiger partial charge is 0.322 e. The fraction of sp³-hybridized carbons (Fsp3) is 0.294. The number of aryl methyl sites for hydroxylation is 1. The van der Waals surface area contributed by atoms with Gasteiger partial charge in [0.05, 0.1) is 11.4 Å². The van der Waals surface area contributed by atoms with Crippen LogP contribution in [0.25, 0.3) is 10.9 Å². The Morgan fingerprint density at radius 3 is 2.88 bits per heavy atom. The summed E-state index contributed by atoms with van der Waals surface area (Å²) >= 11 is 0. The lowest BCUT2D eigenvalue weighted by molar-refractivity contribution is -0.135. The van der Waals surface area contributed by atoms with Crippen LogP contribution in [0, 0.1) is 6.92 Å². The van der Waals surface area contributed by atoms with E-state index in [2.05, 4.69) is 15.6 Å². The number of aromatic nitrogens is 1. The topological polar surface area (TPSA) is 108 Å². The Hall–Kier alpha value is -2.96. The highest BCUT2D eigenvalue weighted by molar-refractivity contribution is 6.01. The standard InChI is InChI=1S/C17H17N3O4/c1-9-13(12-4-5-15(21)20-17(12)24)6-10-2-3-11(7-14(10)19-9)18-8-16(22)23/h2-3,6-7,12,18H,4-5,8H2,1H3,(H,22,23)(H,20,21,24). The van der Waals surface area contributed by atoms with E-state index in [4.69, 9.17) is 5.11 Å². The number of hydrogen-bond donors (Lipinski definition) is 3. The molecule has 2 heterocycles. The van der Waals surface area contributed by atoms with Gasteiger partial charge in [-0.2, -0.15) is 0 Å². The highest BCUT2D eigenvalue weighted by atomic mass is 16.4. The first kappa shape index (κ1) is 15.9. The molecule has 1 fully saturated rings. The molecule has 0 saturated carbocycles. The van der Waals surface area contributed by atoms with E-state index in [0.717, 1.165) is 22.2 Å². The monoisotopic (exact) mass is 327 g/mol. The Labute approximate surface area is 138 Å². The Morgan fingerprint density at radius 1 is 1.38 bits per heavy atom. The zero-order valence-corrected chi connectivity index (χ0v) is 13.1. The number of carbonyl (C=O) groups excluding carboxylic acids is 2. The third kappa shape index (κ3) is 3.19. The van der Waals surface area contributed by atoms with Crippen LogP contribution in [-0.4, -0.2) is 34.4 Å². The van der Waals surface area contributed by atoms with E-state index in [9.17, 15) is 14.4 Å². The summed E-state index contributed by atoms with van der Waals surface area (Å²) in [4.78, 5) is 38.5. The van der Waals surface area contributed by atoms with Crippen LogP contribution in [0.15, 0.2) is 24.3 Å². The number of imide groups is 1. The zero-order valence-electron chi connectivity index (χ0n) is 13.1. The number of carbonyl (C=O) groups is 3. The lowest BCUT2D eigenvalue weighted by atomic mass is 9.89. The number of nitrogens with zero attached hydrogens (tertiary/aromatic N) is 1. The third-order valence-corrected chi connectivity index (χ3v) is 4.11. The van der Waals surface area contributed by atoms with Gasteiger partial charge >= 0.3 is 5.97 Å². The number of anilines is 1. The van der Waals surface area contributed by atoms with Gasteiger partial charge in [0, 0.05) is 23.2 Å². The minimum atomic E-state index is -0.938. The van der Waals surface area contributed by atoms with E-state index < -0.39 is 5.97 Å². The van der Waals surface area contributed by atoms with E-state index in [0.29, 0.717) is 18.5 Å². The molecular formula is C17H17N3O4. The van der Waals surface area contributed by atoms with Gasteiger partial charge in [0.25, 0.3) is 0 Å². The van der Waals surface area contributed by atoms with Crippen LogP contribution < -0.4 is 10.6 Å². The molecule has 3 rings (SSSR count). The van der Waals surface area contributed by atoms with E-state index in [1.165, 1.54) is 0 Å². The Kier molecular flexibility index (Phi) is 4.16. The zero-order chi connectivity index (χ0) is 17.3. The summed E-state index contributed by atoms with van der Waals surface area (Å²) in [6, 6.07) is 7.30. The number of carboxylic acids is 1. The fourth-order valence-corrected chi connectivity index (χ4v) is 2.91. The molecule has 0 bridgehead atoms. The predicted molar refractivity (Wildman–Crippen MR) is 87.7 cm³/mol. The summed E-state index contributed by atoms with van der Waals surface area (Å²) in [5.74, 6) is -1.83. The van der Waals surface area contributed by atoms with Gasteiger partial charge in [-0.05, 0) is 37.1 Å². The van der Waals surface area contributed by atoms with Crippen molar-refractivity contribution in [3.8, 4) is 0 Å². The van der Waals surface area contributed by atoms with Crippen molar-refractivity contribution in [3.63, 3.8) is 0 Å². The van der Waals surface area contributed by atoms with Crippen LogP contribution in [-0.2, 0) is 14.4 Å². The molecule has 2 amide bonds. The van der Waals surface area contributed by atoms with Gasteiger partial charge in [-0.15, -0.1) is 0 Å². The van der Waals surface area contributed by atoms with E-state index in [1.54, 1.807) is 12.1 Å². The van der Waals surface area contributed by atoms with Crippen LogP contribution in [0.5, 0.6) is 0 Å². The molecule has 1 saturated heterocycles. The number of piperidine rings is 1. The molecule has 7 heteroatoms. The first-order valence-electron chi connectivity index (χ1n) is 7.64. The van der Waals surface area contributed by atoms with Crippen molar-refractivity contribution < 1.29 is 19.5 Å². The number of carboxylic acid groups (broad SMARTS) is 1. The quantitative estimate of drug-likeness (QED) is 0.736. The minimum absolute atomic E-state index is 0.168. The first-order chi connectivity index (χ1) is 11.4. The molecule has 1 aliphatic rings. The molecule has 0 aliphatic carbocycles. The molecule has 1 aromatic heterocycles. The summed E-state index contributed by atoms with van der Waals surface area (Å²) in [7, 11) is 0. The lowest BCUT2D eigenvalue weighted by Crippen LogP contribution is -2.39. The maximum absolute atomic E-state index is 12.1. The maximum Gasteiger partial charge on any atom is 0.322 e. The van der Waals surface area contributed by atoms with Crippen molar-refractivity contribution in [3.05, 3.63) is 35.5 Å². The highest BCUT2D eigenvalue weighted by Gasteiger charge is 2.29. The van der Waals surface area contributed by atoms with Gasteiger partial charge in [-0.1, -0.05) is 6.07 Å². The van der Waals surface area contributed by atoms with Crippen LogP contribution >= 0.6 is 0 Å². The number of fused-ring (bicyclic) bond motifs is 1. The summed E-state index contributed by atoms with van der Waals surface area (Å²) in [6.45, 7) is 1.66. The molecule has 24 heavy (non-hydrogen) atoms. The van der Waals surface area contributed by atoms with Gasteiger partial charge in [0.1, 0.15) is 6.54 Å². The molecule has 2 aromatic rings. The van der Waals surface area contributed by atoms with Gasteiger partial charge in [0.15, 0.2) is 0 Å². The number of nitrogens with one attached hydrogen (secondary N) is 2. The van der Waals surface area contributed by atoms with Crippen molar-refractivity contribution in [1.82, 2.24) is 10.3 Å². The molecule has 7 nitrogen and oxygen atoms in total. The largest absolute Gasteiger partial charge is 0.480 e. The van der Waals surface area contributed by atoms with Gasteiger partial charge < -0.3 is 10.4 Å². The van der Waals surface area contributed by atoms with Gasteiger partial charge in [-0.25, -0.2) is 0 Å². The SMILES string of the molecule is Cc1nc2cc(NCC(=O)O)ccc2cc1C1CCC(=O)NC1=O. The average Bonchev–Trinajstić information content (AvgIpc) is 2.52. The summed E-state index contributed by atoms with van der Waals surface area (Å²) in [5, 5.41) is 14.8. The normalized spacial score (nSPS) is 17.6. The number of hydrogen-bond acceptors (Lipinski definition) is 5. The number of rotatable bonds is 4. The summed E-state index contributed by atoms with van der Waals surface area (Å²) < 4.78 is 0. The highest BCUT2D eigenvalue weighted by Crippen LogP contribution is 2.30.